The van der Waals surface area contributed by atoms with Gasteiger partial charge >= 0.3 is 0 Å². The van der Waals surface area contributed by atoms with Crippen molar-refractivity contribution in [3.63, 3.8) is 0 Å². The van der Waals surface area contributed by atoms with Gasteiger partial charge in [0.1, 0.15) is 0 Å². The predicted molar refractivity (Wildman–Crippen MR) is 45.0 cm³/mol. The molecule has 0 saturated carbocycles. The van der Waals surface area contributed by atoms with Gasteiger partial charge in [-0.15, -0.1) is 0 Å². The average Bonchev–Trinajstić information content (AvgIpc) is 1.89. The van der Waals surface area contributed by atoms with Gasteiger partial charge in [-0.25, -0.2) is 0 Å². The monoisotopic (exact) mass is 144 g/mol. The molecule has 0 unspecified atom stereocenters. The summed E-state index contributed by atoms with van der Waals surface area (Å²) in [5, 5.41) is 9.45. The zero-order valence-electron chi connectivity index (χ0n) is 7.43. The molecule has 0 aliphatic carbocycles. The lowest BCUT2D eigenvalue weighted by Gasteiger charge is -2.16. The maximum Gasteiger partial charge on any atom is 0.0565 e. The molecule has 0 radical (unpaired) electrons. The molecule has 0 aliphatic heterocycles. The smallest absolute Gasteiger partial charge is 0.0565 e. The first-order chi connectivity index (χ1) is 4.72. The Morgan fingerprint density at radius 3 is 2.00 bits per heavy atom. The van der Waals surface area contributed by atoms with Crippen LogP contribution in [0, 0.1) is 5.92 Å². The minimum absolute atomic E-state index is 0.0649. The van der Waals surface area contributed by atoms with E-state index >= 15 is 0 Å². The summed E-state index contributed by atoms with van der Waals surface area (Å²) in [6.07, 6.45) is 4.32. The highest BCUT2D eigenvalue weighted by molar-refractivity contribution is 4.62. The van der Waals surface area contributed by atoms with Crippen molar-refractivity contribution in [1.29, 1.82) is 0 Å². The molecule has 0 rings (SSSR count). The third-order valence-corrected chi connectivity index (χ3v) is 1.99. The molecule has 0 aromatic carbocycles. The molecule has 0 spiro atoms. The number of aliphatic hydroxyl groups excluding tert-OH is 1. The Balaban J connectivity index is 3.38. The Kier molecular flexibility index (Phi) is 5.70. The summed E-state index contributed by atoms with van der Waals surface area (Å²) in [5.74, 6) is 0.491. The van der Waals surface area contributed by atoms with Crippen LogP contribution in [0.15, 0.2) is 0 Å². The van der Waals surface area contributed by atoms with E-state index < -0.39 is 0 Å². The molecule has 0 aliphatic rings. The summed E-state index contributed by atoms with van der Waals surface area (Å²) in [4.78, 5) is 0. The molecule has 0 aromatic rings. The molecule has 0 heterocycles. The van der Waals surface area contributed by atoms with E-state index in [0.717, 1.165) is 19.3 Å². The molecule has 0 bridgehead atoms. The van der Waals surface area contributed by atoms with Crippen LogP contribution in [0.5, 0.6) is 0 Å². The molecule has 1 heteroatoms. The summed E-state index contributed by atoms with van der Waals surface area (Å²) in [5.41, 5.74) is 0. The molecule has 2 atom stereocenters. The molecule has 1 N–H and O–H groups in total. The van der Waals surface area contributed by atoms with E-state index in [1.54, 1.807) is 0 Å². The minimum Gasteiger partial charge on any atom is -0.393 e. The summed E-state index contributed by atoms with van der Waals surface area (Å²) in [6.45, 7) is 6.40. The van der Waals surface area contributed by atoms with Crippen LogP contribution in [0.2, 0.25) is 0 Å². The lowest BCUT2D eigenvalue weighted by atomic mass is 9.96. The van der Waals surface area contributed by atoms with E-state index in [1.165, 1.54) is 6.42 Å². The Morgan fingerprint density at radius 1 is 1.10 bits per heavy atom. The second-order valence-corrected chi connectivity index (χ2v) is 3.12. The Labute approximate surface area is 64.5 Å². The third-order valence-electron chi connectivity index (χ3n) is 1.99. The highest BCUT2D eigenvalue weighted by Gasteiger charge is 2.10. The van der Waals surface area contributed by atoms with Crippen molar-refractivity contribution < 1.29 is 5.11 Å². The van der Waals surface area contributed by atoms with Crippen LogP contribution in [0.4, 0.5) is 0 Å². The first-order valence-corrected chi connectivity index (χ1v) is 4.40. The van der Waals surface area contributed by atoms with Crippen molar-refractivity contribution in [3.05, 3.63) is 0 Å². The van der Waals surface area contributed by atoms with Crippen LogP contribution in [0.3, 0.4) is 0 Å². The molecule has 0 saturated heterocycles. The normalized spacial score (nSPS) is 16.8. The first kappa shape index (κ1) is 9.96. The zero-order chi connectivity index (χ0) is 7.98. The van der Waals surface area contributed by atoms with E-state index in [9.17, 15) is 5.11 Å². The van der Waals surface area contributed by atoms with Crippen LogP contribution in [0.1, 0.15) is 46.5 Å². The lowest BCUT2D eigenvalue weighted by Crippen LogP contribution is -2.16. The van der Waals surface area contributed by atoms with Gasteiger partial charge in [-0.2, -0.15) is 0 Å². The van der Waals surface area contributed by atoms with Crippen LogP contribution >= 0.6 is 0 Å². The minimum atomic E-state index is -0.0649. The lowest BCUT2D eigenvalue weighted by molar-refractivity contribution is 0.102. The number of hydrogen-bond donors (Lipinski definition) is 1. The number of hydrogen-bond acceptors (Lipinski definition) is 1. The molecular weight excluding hydrogens is 124 g/mol. The highest BCUT2D eigenvalue weighted by atomic mass is 16.3. The summed E-state index contributed by atoms with van der Waals surface area (Å²) >= 11 is 0. The highest BCUT2D eigenvalue weighted by Crippen LogP contribution is 2.13. The zero-order valence-corrected chi connectivity index (χ0v) is 7.43. The fraction of sp³-hybridized carbons (Fsp3) is 1.00. The molecule has 62 valence electrons. The quantitative estimate of drug-likeness (QED) is 0.628. The summed E-state index contributed by atoms with van der Waals surface area (Å²) in [7, 11) is 0. The van der Waals surface area contributed by atoms with Crippen molar-refractivity contribution in [2.45, 2.75) is 52.6 Å². The molecule has 0 amide bonds. The fourth-order valence-electron chi connectivity index (χ4n) is 1.23. The molecule has 1 nitrogen and oxygen atoms in total. The van der Waals surface area contributed by atoms with Gasteiger partial charge in [0.25, 0.3) is 0 Å². The second kappa shape index (κ2) is 5.72. The topological polar surface area (TPSA) is 20.2 Å². The molecular formula is C9H20O. The standard InChI is InChI=1S/C9H20O/c1-4-6-8(3)9(10)7-5-2/h8-10H,4-7H2,1-3H3/t8-,9+/m1/s1. The molecule has 0 fully saturated rings. The predicted octanol–water partition coefficient (Wildman–Crippen LogP) is 2.58. The Hall–Kier alpha value is -0.0400. The van der Waals surface area contributed by atoms with E-state index in [-0.39, 0.29) is 6.10 Å². The number of aliphatic hydroxyl groups is 1. The van der Waals surface area contributed by atoms with Crippen molar-refractivity contribution in [1.82, 2.24) is 0 Å². The van der Waals surface area contributed by atoms with Gasteiger partial charge in [-0.05, 0) is 18.8 Å². The van der Waals surface area contributed by atoms with Gasteiger partial charge in [0, 0.05) is 0 Å². The van der Waals surface area contributed by atoms with E-state index in [0.29, 0.717) is 5.92 Å². The summed E-state index contributed by atoms with van der Waals surface area (Å²) < 4.78 is 0. The largest absolute Gasteiger partial charge is 0.393 e. The van der Waals surface area contributed by atoms with Crippen LogP contribution in [0.25, 0.3) is 0 Å². The van der Waals surface area contributed by atoms with Crippen molar-refractivity contribution in [2.24, 2.45) is 5.92 Å². The van der Waals surface area contributed by atoms with E-state index in [4.69, 9.17) is 0 Å². The second-order valence-electron chi connectivity index (χ2n) is 3.12. The van der Waals surface area contributed by atoms with Crippen LogP contribution < -0.4 is 0 Å². The van der Waals surface area contributed by atoms with Crippen molar-refractivity contribution >= 4 is 0 Å². The van der Waals surface area contributed by atoms with Gasteiger partial charge in [-0.3, -0.25) is 0 Å². The van der Waals surface area contributed by atoms with Gasteiger partial charge in [0.15, 0.2) is 0 Å². The maximum absolute atomic E-state index is 9.45. The average molecular weight is 144 g/mol. The molecule has 10 heavy (non-hydrogen) atoms. The number of rotatable bonds is 5. The van der Waals surface area contributed by atoms with Crippen LogP contribution in [-0.2, 0) is 0 Å². The maximum atomic E-state index is 9.45. The Bertz CT molecular complexity index is 61.1. The molecule has 0 aromatic heterocycles. The van der Waals surface area contributed by atoms with Crippen LogP contribution in [-0.4, -0.2) is 11.2 Å². The van der Waals surface area contributed by atoms with Crippen molar-refractivity contribution in [2.75, 3.05) is 0 Å². The SMILES string of the molecule is CCC[C@@H](C)[C@@H](O)CCC. The third kappa shape index (κ3) is 3.89. The fourth-order valence-corrected chi connectivity index (χ4v) is 1.23. The first-order valence-electron chi connectivity index (χ1n) is 4.40. The van der Waals surface area contributed by atoms with Gasteiger partial charge in [-0.1, -0.05) is 33.6 Å². The van der Waals surface area contributed by atoms with Crippen molar-refractivity contribution in [3.8, 4) is 0 Å². The van der Waals surface area contributed by atoms with Gasteiger partial charge in [0.05, 0.1) is 6.10 Å². The summed E-state index contributed by atoms with van der Waals surface area (Å²) in [6, 6.07) is 0. The van der Waals surface area contributed by atoms with Gasteiger partial charge in [0.2, 0.25) is 0 Å². The van der Waals surface area contributed by atoms with Gasteiger partial charge < -0.3 is 5.11 Å². The Morgan fingerprint density at radius 2 is 1.60 bits per heavy atom. The van der Waals surface area contributed by atoms with E-state index in [1.807, 2.05) is 0 Å². The van der Waals surface area contributed by atoms with E-state index in [2.05, 4.69) is 20.8 Å².